The Bertz CT molecular complexity index is 521. The van der Waals surface area contributed by atoms with Crippen molar-refractivity contribution in [1.29, 1.82) is 0 Å². The van der Waals surface area contributed by atoms with Gasteiger partial charge in [-0.3, -0.25) is 14.3 Å². The predicted molar refractivity (Wildman–Crippen MR) is 71.1 cm³/mol. The quantitative estimate of drug-likeness (QED) is 0.740. The van der Waals surface area contributed by atoms with Crippen molar-refractivity contribution in [2.24, 2.45) is 13.0 Å². The molecular formula is C13H18N4O3. The second kappa shape index (κ2) is 5.24. The number of hydrogen-bond donors (Lipinski definition) is 0. The molecule has 0 spiro atoms. The van der Waals surface area contributed by atoms with Crippen LogP contribution in [0.5, 0.6) is 0 Å². The van der Waals surface area contributed by atoms with Crippen LogP contribution >= 0.6 is 0 Å². The monoisotopic (exact) mass is 278 g/mol. The van der Waals surface area contributed by atoms with Gasteiger partial charge >= 0.3 is 0 Å². The lowest BCUT2D eigenvalue weighted by Crippen LogP contribution is -2.44. The number of carbonyl (C=O) groups excluding carboxylic acids is 2. The van der Waals surface area contributed by atoms with Gasteiger partial charge < -0.3 is 14.5 Å². The molecule has 2 aliphatic rings. The molecule has 0 radical (unpaired) electrons. The highest BCUT2D eigenvalue weighted by Gasteiger charge is 2.37. The molecule has 0 aliphatic carbocycles. The molecule has 2 fully saturated rings. The van der Waals surface area contributed by atoms with Gasteiger partial charge in [-0.2, -0.15) is 5.10 Å². The Morgan fingerprint density at radius 1 is 1.40 bits per heavy atom. The summed E-state index contributed by atoms with van der Waals surface area (Å²) < 4.78 is 6.90. The van der Waals surface area contributed by atoms with Gasteiger partial charge in [-0.15, -0.1) is 0 Å². The first-order chi connectivity index (χ1) is 9.65. The zero-order valence-electron chi connectivity index (χ0n) is 11.5. The molecule has 0 aromatic carbocycles. The number of aryl methyl sites for hydroxylation is 1. The van der Waals surface area contributed by atoms with Crippen LogP contribution in [0.25, 0.3) is 0 Å². The highest BCUT2D eigenvalue weighted by molar-refractivity contribution is 6.00. The van der Waals surface area contributed by atoms with E-state index < -0.39 is 0 Å². The van der Waals surface area contributed by atoms with Crippen molar-refractivity contribution in [2.45, 2.75) is 6.42 Å². The zero-order valence-corrected chi connectivity index (χ0v) is 11.5. The predicted octanol–water partition coefficient (Wildman–Crippen LogP) is -0.368. The Hall–Kier alpha value is -1.89. The number of nitrogens with zero attached hydrogens (tertiary/aromatic N) is 4. The van der Waals surface area contributed by atoms with E-state index in [1.165, 1.54) is 0 Å². The topological polar surface area (TPSA) is 67.7 Å². The van der Waals surface area contributed by atoms with Gasteiger partial charge in [-0.1, -0.05) is 0 Å². The fourth-order valence-electron chi connectivity index (χ4n) is 2.71. The number of aromatic nitrogens is 2. The Morgan fingerprint density at radius 3 is 2.80 bits per heavy atom. The molecular weight excluding hydrogens is 260 g/mol. The summed E-state index contributed by atoms with van der Waals surface area (Å²) in [4.78, 5) is 27.9. The first-order valence-corrected chi connectivity index (χ1v) is 6.80. The number of rotatable bonds is 2. The molecule has 7 nitrogen and oxygen atoms in total. The number of hydrogen-bond acceptors (Lipinski definition) is 4. The van der Waals surface area contributed by atoms with E-state index in [1.807, 2.05) is 0 Å². The van der Waals surface area contributed by atoms with E-state index in [2.05, 4.69) is 5.10 Å². The van der Waals surface area contributed by atoms with Crippen LogP contribution in [0.15, 0.2) is 12.4 Å². The summed E-state index contributed by atoms with van der Waals surface area (Å²) >= 11 is 0. The van der Waals surface area contributed by atoms with Crippen LogP contribution in [-0.2, 0) is 21.4 Å². The van der Waals surface area contributed by atoms with Crippen LogP contribution in [0.3, 0.4) is 0 Å². The van der Waals surface area contributed by atoms with E-state index in [9.17, 15) is 9.59 Å². The molecule has 3 rings (SSSR count). The van der Waals surface area contributed by atoms with Crippen LogP contribution < -0.4 is 4.90 Å². The van der Waals surface area contributed by atoms with Gasteiger partial charge in [0.1, 0.15) is 0 Å². The van der Waals surface area contributed by atoms with Crippen LogP contribution in [-0.4, -0.2) is 59.3 Å². The van der Waals surface area contributed by atoms with E-state index in [-0.39, 0.29) is 24.2 Å². The molecule has 0 bridgehead atoms. The normalized spacial score (nSPS) is 23.4. The summed E-state index contributed by atoms with van der Waals surface area (Å²) in [5.74, 6) is -0.196. The first-order valence-electron chi connectivity index (χ1n) is 6.80. The maximum Gasteiger partial charge on any atom is 0.228 e. The largest absolute Gasteiger partial charge is 0.378 e. The van der Waals surface area contributed by atoms with Gasteiger partial charge in [-0.25, -0.2) is 0 Å². The Morgan fingerprint density at radius 2 is 2.15 bits per heavy atom. The molecule has 108 valence electrons. The van der Waals surface area contributed by atoms with Crippen molar-refractivity contribution in [1.82, 2.24) is 14.7 Å². The molecule has 7 heteroatoms. The van der Waals surface area contributed by atoms with E-state index >= 15 is 0 Å². The van der Waals surface area contributed by atoms with Gasteiger partial charge in [0.2, 0.25) is 11.8 Å². The molecule has 20 heavy (non-hydrogen) atoms. The minimum absolute atomic E-state index is 0.00962. The Kier molecular flexibility index (Phi) is 3.43. The summed E-state index contributed by atoms with van der Waals surface area (Å²) in [6.07, 6.45) is 3.73. The molecule has 2 saturated heterocycles. The van der Waals surface area contributed by atoms with Crippen molar-refractivity contribution in [3.63, 3.8) is 0 Å². The van der Waals surface area contributed by atoms with E-state index in [1.54, 1.807) is 33.9 Å². The van der Waals surface area contributed by atoms with E-state index in [0.29, 0.717) is 32.8 Å². The van der Waals surface area contributed by atoms with Crippen molar-refractivity contribution in [2.75, 3.05) is 37.7 Å². The van der Waals surface area contributed by atoms with Gasteiger partial charge in [0, 0.05) is 39.3 Å². The minimum atomic E-state index is -0.249. The second-order valence-corrected chi connectivity index (χ2v) is 5.22. The first kappa shape index (κ1) is 13.1. The van der Waals surface area contributed by atoms with Gasteiger partial charge in [0.15, 0.2) is 0 Å². The Balaban J connectivity index is 1.68. The molecule has 1 aromatic rings. The fraction of sp³-hybridized carbons (Fsp3) is 0.615. The molecule has 0 N–H and O–H groups in total. The number of morpholine rings is 1. The van der Waals surface area contributed by atoms with Gasteiger partial charge in [0.05, 0.1) is 31.0 Å². The molecule has 3 heterocycles. The fourth-order valence-corrected chi connectivity index (χ4v) is 2.71. The lowest BCUT2D eigenvalue weighted by Gasteiger charge is -2.28. The molecule has 2 aliphatic heterocycles. The van der Waals surface area contributed by atoms with E-state index in [4.69, 9.17) is 4.74 Å². The maximum absolute atomic E-state index is 12.4. The summed E-state index contributed by atoms with van der Waals surface area (Å²) in [5.41, 5.74) is 0.759. The van der Waals surface area contributed by atoms with Crippen molar-refractivity contribution in [3.8, 4) is 0 Å². The number of anilines is 1. The van der Waals surface area contributed by atoms with E-state index in [0.717, 1.165) is 5.69 Å². The molecule has 1 atom stereocenters. The van der Waals surface area contributed by atoms with Crippen molar-refractivity contribution < 1.29 is 14.3 Å². The third-order valence-electron chi connectivity index (χ3n) is 3.80. The highest BCUT2D eigenvalue weighted by Crippen LogP contribution is 2.26. The van der Waals surface area contributed by atoms with Gasteiger partial charge in [-0.05, 0) is 0 Å². The smallest absolute Gasteiger partial charge is 0.228 e. The molecule has 1 unspecified atom stereocenters. The standard InChI is InChI=1S/C13H18N4O3/c1-15-9-11(7-14-15)17-8-10(6-12(17)18)13(19)16-2-4-20-5-3-16/h7,9-10H,2-6,8H2,1H3. The Labute approximate surface area is 117 Å². The summed E-state index contributed by atoms with van der Waals surface area (Å²) in [5, 5.41) is 4.07. The number of carbonyl (C=O) groups is 2. The van der Waals surface area contributed by atoms with Crippen molar-refractivity contribution in [3.05, 3.63) is 12.4 Å². The van der Waals surface area contributed by atoms with Crippen LogP contribution in [0, 0.1) is 5.92 Å². The third-order valence-corrected chi connectivity index (χ3v) is 3.80. The molecule has 1 aromatic heterocycles. The van der Waals surface area contributed by atoms with Crippen molar-refractivity contribution >= 4 is 17.5 Å². The SMILES string of the molecule is Cn1cc(N2CC(C(=O)N3CCOCC3)CC2=O)cn1. The maximum atomic E-state index is 12.4. The second-order valence-electron chi connectivity index (χ2n) is 5.22. The van der Waals surface area contributed by atoms with Crippen LogP contribution in [0.1, 0.15) is 6.42 Å². The molecule has 0 saturated carbocycles. The van der Waals surface area contributed by atoms with Gasteiger partial charge in [0.25, 0.3) is 0 Å². The van der Waals surface area contributed by atoms with Crippen LogP contribution in [0.4, 0.5) is 5.69 Å². The minimum Gasteiger partial charge on any atom is -0.378 e. The van der Waals surface area contributed by atoms with Crippen LogP contribution in [0.2, 0.25) is 0 Å². The molecule has 2 amide bonds. The lowest BCUT2D eigenvalue weighted by atomic mass is 10.1. The lowest BCUT2D eigenvalue weighted by molar-refractivity contribution is -0.139. The summed E-state index contributed by atoms with van der Waals surface area (Å²) in [7, 11) is 1.81. The zero-order chi connectivity index (χ0) is 14.1. The summed E-state index contributed by atoms with van der Waals surface area (Å²) in [6.45, 7) is 2.85. The average Bonchev–Trinajstić information content (AvgIpc) is 3.05. The average molecular weight is 278 g/mol. The number of amides is 2. The summed E-state index contributed by atoms with van der Waals surface area (Å²) in [6, 6.07) is 0. The third kappa shape index (κ3) is 2.40. The number of ether oxygens (including phenoxy) is 1. The highest BCUT2D eigenvalue weighted by atomic mass is 16.5.